The smallest absolute Gasteiger partial charge is 0.256 e. The van der Waals surface area contributed by atoms with Crippen molar-refractivity contribution in [3.05, 3.63) is 88.9 Å². The molecule has 4 nitrogen and oxygen atoms in total. The van der Waals surface area contributed by atoms with E-state index in [9.17, 15) is 11.0 Å². The number of anilines is 3. The quantitative estimate of drug-likeness (QED) is 0.200. The van der Waals surface area contributed by atoms with Crippen molar-refractivity contribution in [3.8, 4) is 17.2 Å². The summed E-state index contributed by atoms with van der Waals surface area (Å²) >= 11 is 0. The van der Waals surface area contributed by atoms with Crippen LogP contribution >= 0.6 is 0 Å². The summed E-state index contributed by atoms with van der Waals surface area (Å²) in [5.74, 6) is -0.718. The van der Waals surface area contributed by atoms with Gasteiger partial charge in [0.2, 0.25) is 0 Å². The molecule has 0 aliphatic carbocycles. The van der Waals surface area contributed by atoms with Crippen LogP contribution in [0.3, 0.4) is 0 Å². The Hall–Kier alpha value is -4.12. The van der Waals surface area contributed by atoms with Gasteiger partial charge in [0, 0.05) is 57.8 Å². The van der Waals surface area contributed by atoms with Gasteiger partial charge in [-0.15, -0.1) is 0 Å². The van der Waals surface area contributed by atoms with E-state index in [0.29, 0.717) is 0 Å². The van der Waals surface area contributed by atoms with E-state index in [1.165, 1.54) is 0 Å². The van der Waals surface area contributed by atoms with Crippen LogP contribution in [0.2, 0.25) is 0 Å². The normalized spacial score (nSPS) is 22.0. The lowest BCUT2D eigenvalue weighted by Gasteiger charge is -2.40. The van der Waals surface area contributed by atoms with E-state index in [4.69, 9.17) is 24.9 Å². The number of fused-ring (bicyclic) bond motifs is 6. The molecule has 0 radical (unpaired) electrons. The minimum atomic E-state index is -3.17. The standard InChI is InChI=1S/C37H36BNO3/c1-8-22-9-11-24(12-10-22)39-28-18-31-25(37(6,7)20-40-31)17-26(28)38-27-15-23-16-34(36(3,4)5)42-30(23)19-32(27)41-33-14-21(2)13-29(39)35(33)38/h9-19H,8,20H2,1-7H3/i2D3,8D2,9D,10D,11D,12D,13D,14D,15D,16D,17D,18D,19D. The number of hydrogen-bond acceptors (Lipinski definition) is 4. The Morgan fingerprint density at radius 2 is 1.76 bits per heavy atom. The van der Waals surface area contributed by atoms with Crippen LogP contribution in [0.15, 0.2) is 70.9 Å². The first-order valence-corrected chi connectivity index (χ1v) is 13.7. The first kappa shape index (κ1) is 13.9. The second-order valence-corrected chi connectivity index (χ2v) is 12.5. The lowest BCUT2D eigenvalue weighted by atomic mass is 9.34. The van der Waals surface area contributed by atoms with Crippen LogP contribution in [-0.2, 0) is 17.2 Å². The fraction of sp³-hybridized carbons (Fsp3) is 0.297. The highest BCUT2D eigenvalue weighted by Crippen LogP contribution is 2.46. The minimum absolute atomic E-state index is 0.0186. The zero-order chi connectivity index (χ0) is 43.0. The molecule has 0 saturated carbocycles. The Morgan fingerprint density at radius 1 is 0.952 bits per heavy atom. The van der Waals surface area contributed by atoms with E-state index in [1.54, 1.807) is 34.6 Å². The molecule has 0 fully saturated rings. The Balaban J connectivity index is 1.65. The van der Waals surface area contributed by atoms with Crippen molar-refractivity contribution in [2.24, 2.45) is 0 Å². The number of nitrogens with zero attached hydrogens (tertiary/aromatic N) is 1. The molecule has 5 heteroatoms. The Bertz CT molecular complexity index is 2700. The first-order chi connectivity index (χ1) is 26.6. The average molecular weight is 570 g/mol. The van der Waals surface area contributed by atoms with Gasteiger partial charge in [-0.3, -0.25) is 0 Å². The first-order valence-electron chi connectivity index (χ1n) is 21.7. The van der Waals surface area contributed by atoms with Gasteiger partial charge in [0.1, 0.15) is 28.6 Å². The monoisotopic (exact) mass is 569 g/mol. The van der Waals surface area contributed by atoms with Crippen LogP contribution in [0.1, 0.15) is 85.9 Å². The SMILES string of the molecule is [2H]c1c([2H])c(C([2H])([2H])C)c([2H])c([2H])c1N1c2c([2H])c3c(c([2H])c2B2c4c(c([2H])c(C([2H])([2H])[2H])c([2H])c41)Oc1c2c([2H])c2c([2H])c(C(C)(C)C)oc2c1[2H])C(C)(C)CO3. The van der Waals surface area contributed by atoms with E-state index in [2.05, 4.69) is 0 Å². The number of furan rings is 1. The highest BCUT2D eigenvalue weighted by molar-refractivity contribution is 6.99. The molecular weight excluding hydrogens is 517 g/mol. The molecule has 42 heavy (non-hydrogen) atoms. The van der Waals surface area contributed by atoms with Crippen molar-refractivity contribution >= 4 is 51.1 Å². The molecule has 3 aliphatic heterocycles. The van der Waals surface area contributed by atoms with Crippen molar-refractivity contribution in [3.63, 3.8) is 0 Å². The molecule has 210 valence electrons. The molecule has 0 saturated heterocycles. The van der Waals surface area contributed by atoms with Gasteiger partial charge < -0.3 is 18.8 Å². The molecule has 8 rings (SSSR count). The van der Waals surface area contributed by atoms with Crippen molar-refractivity contribution in [1.29, 1.82) is 0 Å². The topological polar surface area (TPSA) is 34.8 Å². The number of rotatable bonds is 2. The lowest BCUT2D eigenvalue weighted by molar-refractivity contribution is 0.291. The van der Waals surface area contributed by atoms with E-state index in [-0.39, 0.29) is 80.6 Å². The number of hydrogen-bond donors (Lipinski definition) is 0. The summed E-state index contributed by atoms with van der Waals surface area (Å²) in [4.78, 5) is 0.982. The summed E-state index contributed by atoms with van der Waals surface area (Å²) in [6.07, 6.45) is -2.36. The molecule has 0 spiro atoms. The van der Waals surface area contributed by atoms with Crippen molar-refractivity contribution < 1.29 is 35.8 Å². The second kappa shape index (κ2) is 8.47. The Kier molecular flexibility index (Phi) is 2.80. The van der Waals surface area contributed by atoms with Crippen LogP contribution < -0.4 is 30.8 Å². The Labute approximate surface area is 270 Å². The third kappa shape index (κ3) is 3.62. The zero-order valence-electron chi connectivity index (χ0n) is 40.0. The summed E-state index contributed by atoms with van der Waals surface area (Å²) in [7, 11) is 0. The third-order valence-corrected chi connectivity index (χ3v) is 7.89. The molecule has 0 bridgehead atoms. The van der Waals surface area contributed by atoms with Crippen molar-refractivity contribution in [1.82, 2.24) is 0 Å². The summed E-state index contributed by atoms with van der Waals surface area (Å²) < 4.78 is 163. The maximum atomic E-state index is 9.90. The molecule has 0 N–H and O–H groups in total. The van der Waals surface area contributed by atoms with E-state index >= 15 is 0 Å². The predicted molar refractivity (Wildman–Crippen MR) is 173 cm³/mol. The number of benzene rings is 4. The highest BCUT2D eigenvalue weighted by atomic mass is 16.5. The fourth-order valence-electron chi connectivity index (χ4n) is 5.74. The van der Waals surface area contributed by atoms with E-state index in [1.807, 2.05) is 0 Å². The fourth-order valence-corrected chi connectivity index (χ4v) is 5.74. The van der Waals surface area contributed by atoms with Crippen LogP contribution in [0.5, 0.6) is 17.2 Å². The van der Waals surface area contributed by atoms with Gasteiger partial charge in [-0.2, -0.15) is 0 Å². The molecule has 4 heterocycles. The van der Waals surface area contributed by atoms with Crippen LogP contribution in [0.4, 0.5) is 17.1 Å². The van der Waals surface area contributed by atoms with Crippen LogP contribution in [-0.4, -0.2) is 13.3 Å². The molecule has 4 aromatic carbocycles. The molecule has 0 atom stereocenters. The summed E-state index contributed by atoms with van der Waals surface area (Å²) in [6, 6.07) is -6.43. The van der Waals surface area contributed by atoms with Crippen LogP contribution in [0, 0.1) is 6.85 Å². The molecular formula is C37H36BNO3. The highest BCUT2D eigenvalue weighted by Gasteiger charge is 2.44. The molecule has 0 amide bonds. The molecule has 5 aromatic rings. The molecule has 0 unspecified atom stereocenters. The maximum Gasteiger partial charge on any atom is 0.256 e. The predicted octanol–water partition coefficient (Wildman–Crippen LogP) is 7.68. The van der Waals surface area contributed by atoms with Crippen LogP contribution in [0.25, 0.3) is 11.0 Å². The van der Waals surface area contributed by atoms with Gasteiger partial charge in [0.05, 0.1) is 21.7 Å². The largest absolute Gasteiger partial charge is 0.492 e. The zero-order valence-corrected chi connectivity index (χ0v) is 24.0. The number of ether oxygens (including phenoxy) is 2. The minimum Gasteiger partial charge on any atom is -0.492 e. The van der Waals surface area contributed by atoms with Gasteiger partial charge in [0.25, 0.3) is 6.71 Å². The van der Waals surface area contributed by atoms with Gasteiger partial charge in [-0.05, 0) is 71.0 Å². The average Bonchev–Trinajstić information content (AvgIpc) is 3.62. The van der Waals surface area contributed by atoms with Gasteiger partial charge in [0.15, 0.2) is 0 Å². The maximum absolute atomic E-state index is 9.90. The molecule has 3 aliphatic rings. The van der Waals surface area contributed by atoms with Gasteiger partial charge >= 0.3 is 0 Å². The van der Waals surface area contributed by atoms with E-state index in [0.717, 1.165) is 11.8 Å². The van der Waals surface area contributed by atoms with E-state index < -0.39 is 107 Å². The van der Waals surface area contributed by atoms with Crippen molar-refractivity contribution in [2.75, 3.05) is 11.5 Å². The summed E-state index contributed by atoms with van der Waals surface area (Å²) in [5.41, 5.74) is -4.65. The van der Waals surface area contributed by atoms with Crippen molar-refractivity contribution in [2.45, 2.75) is 65.6 Å². The lowest BCUT2D eigenvalue weighted by Crippen LogP contribution is -2.59. The second-order valence-electron chi connectivity index (χ2n) is 12.5. The summed E-state index contributed by atoms with van der Waals surface area (Å²) in [5, 5.41) is -0.0611. The molecule has 1 aromatic heterocycles. The van der Waals surface area contributed by atoms with Gasteiger partial charge in [-0.25, -0.2) is 0 Å². The van der Waals surface area contributed by atoms with Gasteiger partial charge in [-0.1, -0.05) is 65.7 Å². The Morgan fingerprint density at radius 3 is 2.50 bits per heavy atom. The third-order valence-electron chi connectivity index (χ3n) is 7.89. The summed E-state index contributed by atoms with van der Waals surface area (Å²) in [6.45, 7) is 5.41.